The van der Waals surface area contributed by atoms with Gasteiger partial charge >= 0.3 is 0 Å². The fourth-order valence-corrected chi connectivity index (χ4v) is 2.62. The number of carboxylic acid groups (broad SMARTS) is 1. The summed E-state index contributed by atoms with van der Waals surface area (Å²) in [6, 6.07) is 11.8. The van der Waals surface area contributed by atoms with E-state index in [0.29, 0.717) is 0 Å². The van der Waals surface area contributed by atoms with Gasteiger partial charge in [-0.3, -0.25) is 9.69 Å². The van der Waals surface area contributed by atoms with Crippen LogP contribution in [0.1, 0.15) is 18.9 Å². The smallest absolute Gasteiger partial charge is 0.300 e. The average molecular weight is 233 g/mol. The molecular weight excluding hydrogens is 214 g/mol. The fraction of sp³-hybridized carbons (Fsp3) is 0.500. The summed E-state index contributed by atoms with van der Waals surface area (Å²) in [5, 5.41) is 7.42. The number of piperidine rings is 1. The highest BCUT2D eigenvalue weighted by molar-refractivity contribution is 5.62. The van der Waals surface area contributed by atoms with Gasteiger partial charge in [-0.2, -0.15) is 0 Å². The molecule has 2 unspecified atom stereocenters. The van der Waals surface area contributed by atoms with Gasteiger partial charge < -0.3 is 5.11 Å². The molecule has 1 aromatic rings. The normalized spacial score (nSPS) is 25.7. The van der Waals surface area contributed by atoms with Crippen LogP contribution in [0.25, 0.3) is 0 Å². The summed E-state index contributed by atoms with van der Waals surface area (Å²) in [6.07, 6.45) is 2.74. The molecule has 3 heteroatoms. The third kappa shape index (κ3) is 3.07. The number of benzene rings is 1. The Hall–Kier alpha value is -1.35. The summed E-state index contributed by atoms with van der Waals surface area (Å²) in [5.74, 6) is 0.121. The molecule has 3 nitrogen and oxygen atoms in total. The molecule has 2 aliphatic rings. The van der Waals surface area contributed by atoms with E-state index in [1.54, 1.807) is 0 Å². The van der Waals surface area contributed by atoms with Crippen molar-refractivity contribution < 1.29 is 9.90 Å². The van der Waals surface area contributed by atoms with Gasteiger partial charge in [-0.05, 0) is 30.9 Å². The van der Waals surface area contributed by atoms with Crippen molar-refractivity contribution in [1.82, 2.24) is 4.90 Å². The Morgan fingerprint density at radius 1 is 1.41 bits per heavy atom. The van der Waals surface area contributed by atoms with Crippen molar-refractivity contribution in [1.29, 1.82) is 0 Å². The first-order valence-electron chi connectivity index (χ1n) is 6.14. The molecule has 0 amide bonds. The first-order chi connectivity index (χ1) is 8.16. The van der Waals surface area contributed by atoms with Crippen LogP contribution in [0.3, 0.4) is 0 Å². The number of aliphatic carboxylic acids is 1. The summed E-state index contributed by atoms with van der Waals surface area (Å²) < 4.78 is 0. The van der Waals surface area contributed by atoms with Crippen LogP contribution in [-0.2, 0) is 11.2 Å². The van der Waals surface area contributed by atoms with E-state index >= 15 is 0 Å². The maximum absolute atomic E-state index is 9.00. The highest BCUT2D eigenvalue weighted by atomic mass is 16.4. The van der Waals surface area contributed by atoms with E-state index in [2.05, 4.69) is 35.2 Å². The lowest BCUT2D eigenvalue weighted by molar-refractivity contribution is -0.134. The topological polar surface area (TPSA) is 40.5 Å². The number of hydrogen-bond acceptors (Lipinski definition) is 2. The van der Waals surface area contributed by atoms with Gasteiger partial charge in [0.2, 0.25) is 0 Å². The lowest BCUT2D eigenvalue weighted by atomic mass is 9.76. The van der Waals surface area contributed by atoms with Crippen LogP contribution >= 0.6 is 0 Å². The van der Waals surface area contributed by atoms with Gasteiger partial charge in [0.25, 0.3) is 5.97 Å². The summed E-state index contributed by atoms with van der Waals surface area (Å²) >= 11 is 0. The van der Waals surface area contributed by atoms with Crippen LogP contribution in [-0.4, -0.2) is 35.1 Å². The van der Waals surface area contributed by atoms with Gasteiger partial charge in [0.15, 0.2) is 0 Å². The van der Waals surface area contributed by atoms with Crippen molar-refractivity contribution in [2.75, 3.05) is 13.1 Å². The van der Waals surface area contributed by atoms with Crippen molar-refractivity contribution in [3.63, 3.8) is 0 Å². The molecule has 0 aromatic heterocycles. The second-order valence-corrected chi connectivity index (χ2v) is 4.82. The van der Waals surface area contributed by atoms with Crippen LogP contribution in [0.2, 0.25) is 0 Å². The summed E-state index contributed by atoms with van der Waals surface area (Å²) in [5.41, 5.74) is 1.51. The van der Waals surface area contributed by atoms with Crippen molar-refractivity contribution in [3.05, 3.63) is 35.9 Å². The van der Waals surface area contributed by atoms with E-state index in [9.17, 15) is 0 Å². The molecule has 0 bridgehead atoms. The molecule has 0 spiro atoms. The molecular formula is C14H19NO2. The van der Waals surface area contributed by atoms with E-state index in [-0.39, 0.29) is 0 Å². The van der Waals surface area contributed by atoms with Crippen molar-refractivity contribution in [3.8, 4) is 0 Å². The Kier molecular flexibility index (Phi) is 3.79. The van der Waals surface area contributed by atoms with Crippen LogP contribution in [0.4, 0.5) is 0 Å². The molecule has 0 radical (unpaired) electrons. The molecule has 2 heterocycles. The lowest BCUT2D eigenvalue weighted by Gasteiger charge is -2.56. The molecule has 1 N–H and O–H groups in total. The number of carboxylic acids is 1. The van der Waals surface area contributed by atoms with Gasteiger partial charge in [0.1, 0.15) is 0 Å². The minimum absolute atomic E-state index is 0.833. The summed E-state index contributed by atoms with van der Waals surface area (Å²) in [6.45, 7) is 3.79. The van der Waals surface area contributed by atoms with E-state index < -0.39 is 5.97 Å². The Bertz CT molecular complexity index is 373. The fourth-order valence-electron chi connectivity index (χ4n) is 2.62. The summed E-state index contributed by atoms with van der Waals surface area (Å²) in [7, 11) is 0. The van der Waals surface area contributed by atoms with Crippen LogP contribution in [0, 0.1) is 5.92 Å². The standard InChI is InChI=1S/C12H15N.C2H4O2/c1-2-4-10(5-3-1)8-11-9-13-7-6-12(11)13;1-2(3)4/h1-5,11-12H,6-9H2;1H3,(H,3,4). The van der Waals surface area contributed by atoms with Crippen LogP contribution in [0.5, 0.6) is 0 Å². The first kappa shape index (κ1) is 12.1. The average Bonchev–Trinajstić information content (AvgIpc) is 2.25. The predicted molar refractivity (Wildman–Crippen MR) is 66.9 cm³/mol. The number of rotatable bonds is 2. The van der Waals surface area contributed by atoms with E-state index in [4.69, 9.17) is 9.90 Å². The molecule has 2 fully saturated rings. The van der Waals surface area contributed by atoms with Gasteiger partial charge in [-0.1, -0.05) is 30.3 Å². The molecule has 92 valence electrons. The highest BCUT2D eigenvalue weighted by Crippen LogP contribution is 2.37. The third-order valence-corrected chi connectivity index (χ3v) is 3.53. The molecule has 3 rings (SSSR count). The first-order valence-corrected chi connectivity index (χ1v) is 6.14. The van der Waals surface area contributed by atoms with Crippen molar-refractivity contribution in [2.24, 2.45) is 5.92 Å². The Labute approximate surface area is 102 Å². The Morgan fingerprint density at radius 2 is 2.06 bits per heavy atom. The maximum atomic E-state index is 9.00. The number of hydrogen-bond donors (Lipinski definition) is 1. The zero-order valence-electron chi connectivity index (χ0n) is 10.2. The Morgan fingerprint density at radius 3 is 2.47 bits per heavy atom. The number of fused-ring (bicyclic) bond motifs is 1. The van der Waals surface area contributed by atoms with Gasteiger partial charge in [0, 0.05) is 19.5 Å². The molecule has 0 saturated carbocycles. The molecule has 0 aliphatic carbocycles. The minimum atomic E-state index is -0.833. The van der Waals surface area contributed by atoms with E-state index in [0.717, 1.165) is 18.9 Å². The second-order valence-electron chi connectivity index (χ2n) is 4.82. The second kappa shape index (κ2) is 5.32. The molecule has 17 heavy (non-hydrogen) atoms. The lowest BCUT2D eigenvalue weighted by Crippen LogP contribution is -2.65. The zero-order valence-corrected chi connectivity index (χ0v) is 10.2. The number of carbonyl (C=O) groups is 1. The number of nitrogens with zero attached hydrogens (tertiary/aromatic N) is 1. The molecule has 2 atom stereocenters. The van der Waals surface area contributed by atoms with Gasteiger partial charge in [-0.25, -0.2) is 0 Å². The van der Waals surface area contributed by atoms with E-state index in [1.165, 1.54) is 31.5 Å². The van der Waals surface area contributed by atoms with Gasteiger partial charge in [-0.15, -0.1) is 0 Å². The van der Waals surface area contributed by atoms with Crippen LogP contribution < -0.4 is 0 Å². The zero-order chi connectivity index (χ0) is 12.3. The quantitative estimate of drug-likeness (QED) is 0.849. The maximum Gasteiger partial charge on any atom is 0.300 e. The molecule has 2 aliphatic heterocycles. The predicted octanol–water partition coefficient (Wildman–Crippen LogP) is 2.02. The highest BCUT2D eigenvalue weighted by Gasteiger charge is 2.44. The SMILES string of the molecule is CC(=O)O.c1ccc(CC2CN3CCC23)cc1. The monoisotopic (exact) mass is 233 g/mol. The van der Waals surface area contributed by atoms with Crippen molar-refractivity contribution >= 4 is 5.97 Å². The van der Waals surface area contributed by atoms with Gasteiger partial charge in [0.05, 0.1) is 0 Å². The largest absolute Gasteiger partial charge is 0.481 e. The minimum Gasteiger partial charge on any atom is -0.481 e. The molecule has 2 saturated heterocycles. The van der Waals surface area contributed by atoms with E-state index in [1.807, 2.05) is 0 Å². The molecule has 1 aromatic carbocycles. The van der Waals surface area contributed by atoms with Crippen LogP contribution in [0.15, 0.2) is 30.3 Å². The summed E-state index contributed by atoms with van der Waals surface area (Å²) in [4.78, 5) is 11.6. The third-order valence-electron chi connectivity index (χ3n) is 3.53. The Balaban J connectivity index is 0.000000239. The van der Waals surface area contributed by atoms with Crippen molar-refractivity contribution in [2.45, 2.75) is 25.8 Å².